The van der Waals surface area contributed by atoms with Crippen molar-refractivity contribution in [1.82, 2.24) is 25.8 Å². The zero-order valence-electron chi connectivity index (χ0n) is 21.1. The molecule has 3 amide bonds. The summed E-state index contributed by atoms with van der Waals surface area (Å²) in [5.74, 6) is 0.356. The SMILES string of the molecule is C[C@@H]1C(=O)N[C@H](CC2CC=CS2)C(=O)NCCCc2ncccc2OCCN[C@@H](C2CC2)C(=O)N1C. The Morgan fingerprint density at radius 3 is 2.78 bits per heavy atom. The van der Waals surface area contributed by atoms with Gasteiger partial charge in [-0.2, -0.15) is 0 Å². The number of aromatic nitrogens is 1. The highest BCUT2D eigenvalue weighted by Gasteiger charge is 2.39. The summed E-state index contributed by atoms with van der Waals surface area (Å²) in [6.45, 7) is 3.10. The van der Waals surface area contributed by atoms with E-state index in [0.717, 1.165) is 30.7 Å². The number of hydrogen-bond acceptors (Lipinski definition) is 7. The Labute approximate surface area is 217 Å². The number of nitrogens with one attached hydrogen (secondary N) is 3. The van der Waals surface area contributed by atoms with E-state index in [1.54, 1.807) is 31.9 Å². The van der Waals surface area contributed by atoms with Crippen molar-refractivity contribution in [2.45, 2.75) is 68.8 Å². The molecule has 0 spiro atoms. The van der Waals surface area contributed by atoms with Gasteiger partial charge in [-0.3, -0.25) is 19.4 Å². The number of nitrogens with zero attached hydrogens (tertiary/aromatic N) is 2. The van der Waals surface area contributed by atoms with Crippen LogP contribution in [0.4, 0.5) is 0 Å². The van der Waals surface area contributed by atoms with Gasteiger partial charge in [-0.15, -0.1) is 11.8 Å². The van der Waals surface area contributed by atoms with E-state index in [1.165, 1.54) is 4.90 Å². The molecule has 1 aliphatic carbocycles. The number of pyridine rings is 1. The third-order valence-corrected chi connectivity index (χ3v) is 8.15. The van der Waals surface area contributed by atoms with Crippen molar-refractivity contribution in [2.24, 2.45) is 5.92 Å². The third-order valence-electron chi connectivity index (χ3n) is 7.03. The number of carbonyl (C=O) groups excluding carboxylic acids is 3. The van der Waals surface area contributed by atoms with E-state index in [0.29, 0.717) is 39.0 Å². The Balaban J connectivity index is 1.51. The van der Waals surface area contributed by atoms with Gasteiger partial charge < -0.3 is 25.6 Å². The molecule has 9 nitrogen and oxygen atoms in total. The number of carbonyl (C=O) groups is 3. The third kappa shape index (κ3) is 7.00. The number of rotatable bonds is 3. The lowest BCUT2D eigenvalue weighted by molar-refractivity contribution is -0.141. The maximum atomic E-state index is 13.3. The lowest BCUT2D eigenvalue weighted by Crippen LogP contribution is -2.56. The number of ether oxygens (including phenoxy) is 1. The summed E-state index contributed by atoms with van der Waals surface area (Å²) < 4.78 is 5.98. The predicted octanol–water partition coefficient (Wildman–Crippen LogP) is 1.63. The standard InChI is InChI=1S/C26H37N5O4S/c1-17-24(32)30-21(16-19-6-5-15-36-19)25(33)29-12-3-7-20-22(8-4-11-27-20)35-14-13-28-23(18-9-10-18)26(34)31(17)2/h4-5,8,11,15,17-19,21,23,28H,3,6-7,9-10,12-14,16H2,1-2H3,(H,29,33)(H,30,32)/t17-,19?,21-,23+/m1/s1. The first-order valence-electron chi connectivity index (χ1n) is 12.9. The van der Waals surface area contributed by atoms with Gasteiger partial charge in [-0.05, 0) is 68.9 Å². The molecular weight excluding hydrogens is 478 g/mol. The van der Waals surface area contributed by atoms with E-state index in [4.69, 9.17) is 4.74 Å². The van der Waals surface area contributed by atoms with Gasteiger partial charge in [-0.25, -0.2) is 0 Å². The van der Waals surface area contributed by atoms with Crippen LogP contribution < -0.4 is 20.7 Å². The molecule has 10 heteroatoms. The van der Waals surface area contributed by atoms with Crippen LogP contribution in [0, 0.1) is 5.92 Å². The summed E-state index contributed by atoms with van der Waals surface area (Å²) in [5.41, 5.74) is 0.842. The molecule has 196 valence electrons. The van der Waals surface area contributed by atoms with Crippen LogP contribution in [0.15, 0.2) is 29.8 Å². The molecule has 3 aliphatic rings. The van der Waals surface area contributed by atoms with Crippen LogP contribution in [0.2, 0.25) is 0 Å². The topological polar surface area (TPSA) is 113 Å². The molecule has 0 saturated heterocycles. The summed E-state index contributed by atoms with van der Waals surface area (Å²) >= 11 is 1.68. The van der Waals surface area contributed by atoms with Gasteiger partial charge in [0.25, 0.3) is 0 Å². The second-order valence-corrected chi connectivity index (χ2v) is 11.0. The molecule has 4 rings (SSSR count). The molecule has 1 unspecified atom stereocenters. The van der Waals surface area contributed by atoms with Gasteiger partial charge in [0.15, 0.2) is 0 Å². The van der Waals surface area contributed by atoms with Crippen LogP contribution in [0.3, 0.4) is 0 Å². The van der Waals surface area contributed by atoms with Gasteiger partial charge in [0.1, 0.15) is 24.4 Å². The average Bonchev–Trinajstić information content (AvgIpc) is 3.59. The largest absolute Gasteiger partial charge is 0.490 e. The van der Waals surface area contributed by atoms with Gasteiger partial charge >= 0.3 is 0 Å². The van der Waals surface area contributed by atoms with Crippen molar-refractivity contribution in [3.63, 3.8) is 0 Å². The molecule has 1 aromatic heterocycles. The second-order valence-electron chi connectivity index (χ2n) is 9.75. The normalized spacial score (nSPS) is 28.9. The van der Waals surface area contributed by atoms with Gasteiger partial charge in [0.2, 0.25) is 17.7 Å². The minimum absolute atomic E-state index is 0.111. The smallest absolute Gasteiger partial charge is 0.243 e. The number of likely N-dealkylation sites (N-methyl/N-ethyl adjacent to an activating group) is 1. The van der Waals surface area contributed by atoms with Crippen LogP contribution in [0.5, 0.6) is 5.75 Å². The predicted molar refractivity (Wildman–Crippen MR) is 139 cm³/mol. The molecule has 3 heterocycles. The van der Waals surface area contributed by atoms with Crippen LogP contribution in [-0.2, 0) is 20.8 Å². The first kappa shape index (κ1) is 26.5. The highest BCUT2D eigenvalue weighted by Crippen LogP contribution is 2.33. The maximum absolute atomic E-state index is 13.3. The van der Waals surface area contributed by atoms with Crippen molar-refractivity contribution in [3.05, 3.63) is 35.5 Å². The molecule has 36 heavy (non-hydrogen) atoms. The molecule has 0 radical (unpaired) electrons. The Hall–Kier alpha value is -2.59. The molecule has 0 aromatic carbocycles. The van der Waals surface area contributed by atoms with E-state index in [2.05, 4.69) is 27.0 Å². The quantitative estimate of drug-likeness (QED) is 0.561. The summed E-state index contributed by atoms with van der Waals surface area (Å²) in [6, 6.07) is 2.03. The number of aryl methyl sites for hydroxylation is 1. The fraction of sp³-hybridized carbons (Fsp3) is 0.615. The average molecular weight is 516 g/mol. The van der Waals surface area contributed by atoms with Gasteiger partial charge in [0, 0.05) is 31.6 Å². The molecule has 0 bridgehead atoms. The number of amides is 3. The molecule has 3 N–H and O–H groups in total. The van der Waals surface area contributed by atoms with Crippen LogP contribution >= 0.6 is 11.8 Å². The minimum atomic E-state index is -0.696. The molecule has 1 aromatic rings. The highest BCUT2D eigenvalue weighted by atomic mass is 32.2. The number of allylic oxidation sites excluding steroid dienone is 1. The molecule has 1 fully saturated rings. The zero-order chi connectivity index (χ0) is 25.5. The first-order valence-corrected chi connectivity index (χ1v) is 13.8. The van der Waals surface area contributed by atoms with E-state index in [1.807, 2.05) is 17.5 Å². The number of thioether (sulfide) groups is 1. The lowest BCUT2D eigenvalue weighted by atomic mass is 10.1. The molecule has 2 aliphatic heterocycles. The van der Waals surface area contributed by atoms with Crippen molar-refractivity contribution in [3.8, 4) is 5.75 Å². The summed E-state index contributed by atoms with van der Waals surface area (Å²) in [4.78, 5) is 45.6. The van der Waals surface area contributed by atoms with Crippen molar-refractivity contribution < 1.29 is 19.1 Å². The summed E-state index contributed by atoms with van der Waals surface area (Å²) in [6.07, 6.45) is 8.57. The monoisotopic (exact) mass is 515 g/mol. The van der Waals surface area contributed by atoms with Crippen LogP contribution in [-0.4, -0.2) is 77.7 Å². The summed E-state index contributed by atoms with van der Waals surface area (Å²) in [7, 11) is 1.66. The van der Waals surface area contributed by atoms with E-state index < -0.39 is 12.1 Å². The molecular formula is C26H37N5O4S. The fourth-order valence-electron chi connectivity index (χ4n) is 4.55. The minimum Gasteiger partial charge on any atom is -0.490 e. The number of hydrogen-bond donors (Lipinski definition) is 3. The van der Waals surface area contributed by atoms with E-state index in [-0.39, 0.29) is 34.9 Å². The summed E-state index contributed by atoms with van der Waals surface area (Å²) in [5, 5.41) is 11.6. The maximum Gasteiger partial charge on any atom is 0.243 e. The molecule has 4 atom stereocenters. The van der Waals surface area contributed by atoms with E-state index in [9.17, 15) is 14.4 Å². The Bertz CT molecular complexity index is 961. The highest BCUT2D eigenvalue weighted by molar-refractivity contribution is 8.03. The van der Waals surface area contributed by atoms with Crippen molar-refractivity contribution in [1.29, 1.82) is 0 Å². The second kappa shape index (κ2) is 12.6. The first-order chi connectivity index (χ1) is 17.4. The fourth-order valence-corrected chi connectivity index (χ4v) is 5.52. The zero-order valence-corrected chi connectivity index (χ0v) is 21.9. The van der Waals surface area contributed by atoms with Gasteiger partial charge in [0.05, 0.1) is 11.7 Å². The Kier molecular flexibility index (Phi) is 9.25. The van der Waals surface area contributed by atoms with Crippen LogP contribution in [0.1, 0.15) is 44.7 Å². The number of fused-ring (bicyclic) bond motifs is 1. The van der Waals surface area contributed by atoms with Crippen molar-refractivity contribution in [2.75, 3.05) is 26.7 Å². The molecule has 1 saturated carbocycles. The lowest BCUT2D eigenvalue weighted by Gasteiger charge is -2.30. The Morgan fingerprint density at radius 2 is 2.03 bits per heavy atom. The van der Waals surface area contributed by atoms with Crippen molar-refractivity contribution >= 4 is 29.5 Å². The van der Waals surface area contributed by atoms with E-state index >= 15 is 0 Å². The van der Waals surface area contributed by atoms with Gasteiger partial charge in [-0.1, -0.05) is 6.08 Å². The van der Waals surface area contributed by atoms with Crippen LogP contribution in [0.25, 0.3) is 0 Å². The Morgan fingerprint density at radius 1 is 1.19 bits per heavy atom.